The van der Waals surface area contributed by atoms with Gasteiger partial charge in [0.05, 0.1) is 11.5 Å². The lowest BCUT2D eigenvalue weighted by Crippen LogP contribution is -2.40. The Balaban J connectivity index is 2.05. The van der Waals surface area contributed by atoms with Crippen LogP contribution in [0.5, 0.6) is 0 Å². The highest BCUT2D eigenvalue weighted by Crippen LogP contribution is 2.37. The second kappa shape index (κ2) is 4.17. The number of carbonyl (C=O) groups is 2. The van der Waals surface area contributed by atoms with Gasteiger partial charge in [-0.05, 0) is 32.1 Å². The van der Waals surface area contributed by atoms with Crippen LogP contribution in [0.2, 0.25) is 0 Å². The molecule has 4 nitrogen and oxygen atoms in total. The minimum atomic E-state index is -0.125. The third-order valence-corrected chi connectivity index (χ3v) is 3.95. The Morgan fingerprint density at radius 1 is 1.50 bits per heavy atom. The zero-order valence-electron chi connectivity index (χ0n) is 9.91. The molecule has 0 bridgehead atoms. The van der Waals surface area contributed by atoms with Crippen molar-refractivity contribution in [2.45, 2.75) is 45.1 Å². The predicted molar refractivity (Wildman–Crippen MR) is 58.6 cm³/mol. The molecule has 0 spiro atoms. The zero-order valence-corrected chi connectivity index (χ0v) is 9.91. The van der Waals surface area contributed by atoms with Crippen molar-refractivity contribution in [1.82, 2.24) is 5.32 Å². The highest BCUT2D eigenvalue weighted by molar-refractivity contribution is 6.03. The van der Waals surface area contributed by atoms with Crippen LogP contribution < -0.4 is 5.32 Å². The SMILES string of the molecule is CCC1(C)CC(C2CC(=O)NC2=O)CCO1. The van der Waals surface area contributed by atoms with Crippen LogP contribution in [0.3, 0.4) is 0 Å². The standard InChI is InChI=1S/C12H19NO3/c1-3-12(2)7-8(4-5-16-12)9-6-10(14)13-11(9)15/h8-9H,3-7H2,1-2H3,(H,13,14,15). The number of rotatable bonds is 2. The Hall–Kier alpha value is -0.900. The lowest BCUT2D eigenvalue weighted by atomic mass is 9.77. The Bertz CT molecular complexity index is 315. The summed E-state index contributed by atoms with van der Waals surface area (Å²) in [6, 6.07) is 0. The van der Waals surface area contributed by atoms with Gasteiger partial charge in [-0.3, -0.25) is 14.9 Å². The summed E-state index contributed by atoms with van der Waals surface area (Å²) in [5, 5.41) is 2.39. The summed E-state index contributed by atoms with van der Waals surface area (Å²) >= 11 is 0. The van der Waals surface area contributed by atoms with Crippen LogP contribution in [0, 0.1) is 11.8 Å². The molecule has 2 amide bonds. The number of nitrogens with one attached hydrogen (secondary N) is 1. The smallest absolute Gasteiger partial charge is 0.230 e. The van der Waals surface area contributed by atoms with E-state index in [9.17, 15) is 9.59 Å². The highest BCUT2D eigenvalue weighted by Gasteiger charge is 2.42. The summed E-state index contributed by atoms with van der Waals surface area (Å²) in [4.78, 5) is 22.8. The molecule has 0 radical (unpaired) electrons. The molecule has 90 valence electrons. The molecule has 2 aliphatic rings. The van der Waals surface area contributed by atoms with Crippen molar-refractivity contribution in [3.8, 4) is 0 Å². The number of imide groups is 1. The van der Waals surface area contributed by atoms with E-state index in [-0.39, 0.29) is 23.3 Å². The molecule has 2 heterocycles. The Morgan fingerprint density at radius 3 is 2.81 bits per heavy atom. The second-order valence-electron chi connectivity index (χ2n) is 5.13. The Kier molecular flexibility index (Phi) is 3.02. The maximum absolute atomic E-state index is 11.6. The molecule has 3 atom stereocenters. The minimum absolute atomic E-state index is 0.0876. The van der Waals surface area contributed by atoms with Gasteiger partial charge in [0.2, 0.25) is 11.8 Å². The van der Waals surface area contributed by atoms with Crippen molar-refractivity contribution < 1.29 is 14.3 Å². The molecule has 0 aliphatic carbocycles. The van der Waals surface area contributed by atoms with E-state index in [0.717, 1.165) is 19.3 Å². The first kappa shape index (κ1) is 11.6. The van der Waals surface area contributed by atoms with Crippen LogP contribution in [0.1, 0.15) is 39.5 Å². The highest BCUT2D eigenvalue weighted by atomic mass is 16.5. The Morgan fingerprint density at radius 2 is 2.25 bits per heavy atom. The van der Waals surface area contributed by atoms with Crippen molar-refractivity contribution in [2.75, 3.05) is 6.61 Å². The van der Waals surface area contributed by atoms with Gasteiger partial charge in [0.25, 0.3) is 0 Å². The molecule has 2 saturated heterocycles. The summed E-state index contributed by atoms with van der Waals surface area (Å²) < 4.78 is 5.75. The average Bonchev–Trinajstić information content (AvgIpc) is 2.58. The van der Waals surface area contributed by atoms with Gasteiger partial charge in [0, 0.05) is 13.0 Å². The van der Waals surface area contributed by atoms with E-state index >= 15 is 0 Å². The van der Waals surface area contributed by atoms with Crippen molar-refractivity contribution in [1.29, 1.82) is 0 Å². The number of hydrogen-bond acceptors (Lipinski definition) is 3. The first-order valence-electron chi connectivity index (χ1n) is 6.02. The number of hydrogen-bond donors (Lipinski definition) is 1. The molecule has 1 N–H and O–H groups in total. The van der Waals surface area contributed by atoms with Crippen molar-refractivity contribution in [3.63, 3.8) is 0 Å². The van der Waals surface area contributed by atoms with Crippen molar-refractivity contribution >= 4 is 11.8 Å². The minimum Gasteiger partial charge on any atom is -0.375 e. The van der Waals surface area contributed by atoms with E-state index in [1.807, 2.05) is 0 Å². The van der Waals surface area contributed by atoms with Gasteiger partial charge < -0.3 is 4.74 Å². The molecule has 2 aliphatic heterocycles. The molecular weight excluding hydrogens is 206 g/mol. The van der Waals surface area contributed by atoms with E-state index < -0.39 is 0 Å². The maximum Gasteiger partial charge on any atom is 0.230 e. The third kappa shape index (κ3) is 2.12. The van der Waals surface area contributed by atoms with E-state index in [2.05, 4.69) is 19.2 Å². The molecule has 2 fully saturated rings. The fraction of sp³-hybridized carbons (Fsp3) is 0.833. The average molecular weight is 225 g/mol. The van der Waals surface area contributed by atoms with Gasteiger partial charge in [0.1, 0.15) is 0 Å². The molecular formula is C12H19NO3. The van der Waals surface area contributed by atoms with Gasteiger partial charge in [-0.15, -0.1) is 0 Å². The predicted octanol–water partition coefficient (Wildman–Crippen LogP) is 1.24. The van der Waals surface area contributed by atoms with Crippen LogP contribution >= 0.6 is 0 Å². The molecule has 0 aromatic rings. The second-order valence-corrected chi connectivity index (χ2v) is 5.13. The number of amides is 2. The van der Waals surface area contributed by atoms with Crippen molar-refractivity contribution in [2.24, 2.45) is 11.8 Å². The first-order chi connectivity index (χ1) is 7.54. The topological polar surface area (TPSA) is 55.4 Å². The van der Waals surface area contributed by atoms with Crippen LogP contribution in [0.4, 0.5) is 0 Å². The summed E-state index contributed by atoms with van der Waals surface area (Å²) in [7, 11) is 0. The summed E-state index contributed by atoms with van der Waals surface area (Å²) in [6.45, 7) is 4.89. The fourth-order valence-electron chi connectivity index (χ4n) is 2.72. The van der Waals surface area contributed by atoms with E-state index in [1.54, 1.807) is 0 Å². The molecule has 16 heavy (non-hydrogen) atoms. The van der Waals surface area contributed by atoms with Crippen LogP contribution in [0.15, 0.2) is 0 Å². The number of ether oxygens (including phenoxy) is 1. The van der Waals surface area contributed by atoms with Crippen LogP contribution in [-0.4, -0.2) is 24.0 Å². The molecule has 0 saturated carbocycles. The monoisotopic (exact) mass is 225 g/mol. The third-order valence-electron chi connectivity index (χ3n) is 3.95. The van der Waals surface area contributed by atoms with E-state index in [1.165, 1.54) is 0 Å². The van der Waals surface area contributed by atoms with E-state index in [0.29, 0.717) is 18.9 Å². The molecule has 4 heteroatoms. The molecule has 0 aromatic carbocycles. The molecule has 2 rings (SSSR count). The van der Waals surface area contributed by atoms with Gasteiger partial charge >= 0.3 is 0 Å². The summed E-state index contributed by atoms with van der Waals surface area (Å²) in [6.07, 6.45) is 3.09. The quantitative estimate of drug-likeness (QED) is 0.719. The van der Waals surface area contributed by atoms with E-state index in [4.69, 9.17) is 4.74 Å². The normalized spacial score (nSPS) is 39.9. The Labute approximate surface area is 95.7 Å². The summed E-state index contributed by atoms with van der Waals surface area (Å²) in [5.74, 6) is -0.0394. The van der Waals surface area contributed by atoms with Crippen LogP contribution in [0.25, 0.3) is 0 Å². The van der Waals surface area contributed by atoms with Gasteiger partial charge in [-0.25, -0.2) is 0 Å². The van der Waals surface area contributed by atoms with Crippen LogP contribution in [-0.2, 0) is 14.3 Å². The fourth-order valence-corrected chi connectivity index (χ4v) is 2.72. The van der Waals surface area contributed by atoms with Gasteiger partial charge in [-0.2, -0.15) is 0 Å². The lowest BCUT2D eigenvalue weighted by Gasteiger charge is -2.39. The first-order valence-corrected chi connectivity index (χ1v) is 6.02. The largest absolute Gasteiger partial charge is 0.375 e. The lowest BCUT2D eigenvalue weighted by molar-refractivity contribution is -0.130. The number of carbonyl (C=O) groups excluding carboxylic acids is 2. The maximum atomic E-state index is 11.6. The van der Waals surface area contributed by atoms with Gasteiger partial charge in [0.15, 0.2) is 0 Å². The molecule has 0 aromatic heterocycles. The summed E-state index contributed by atoms with van der Waals surface area (Å²) in [5.41, 5.74) is -0.116. The van der Waals surface area contributed by atoms with Gasteiger partial charge in [-0.1, -0.05) is 6.92 Å². The van der Waals surface area contributed by atoms with Crippen molar-refractivity contribution in [3.05, 3.63) is 0 Å². The zero-order chi connectivity index (χ0) is 11.8. The molecule has 3 unspecified atom stereocenters.